The van der Waals surface area contributed by atoms with Gasteiger partial charge in [0.25, 0.3) is 5.56 Å². The number of aromatic carboxylic acids is 1. The number of carboxylic acids is 1. The molecule has 0 amide bonds. The van der Waals surface area contributed by atoms with Gasteiger partial charge < -0.3 is 15.7 Å². The second-order valence-electron chi connectivity index (χ2n) is 8.51. The fourth-order valence-corrected chi connectivity index (χ4v) is 5.23. The maximum atomic E-state index is 15.2. The largest absolute Gasteiger partial charge is 0.477 e. The lowest BCUT2D eigenvalue weighted by molar-refractivity contribution is 0.0694. The van der Waals surface area contributed by atoms with E-state index in [2.05, 4.69) is 6.26 Å². The van der Waals surface area contributed by atoms with Gasteiger partial charge in [-0.15, -0.1) is 0 Å². The van der Waals surface area contributed by atoms with Gasteiger partial charge in [0.05, 0.1) is 17.4 Å². The van der Waals surface area contributed by atoms with Crippen molar-refractivity contribution in [2.75, 3.05) is 30.0 Å². The Kier molecular flexibility index (Phi) is 5.81. The van der Waals surface area contributed by atoms with Gasteiger partial charge in [-0.3, -0.25) is 9.20 Å². The third-order valence-corrected chi connectivity index (χ3v) is 7.14. The zero-order chi connectivity index (χ0) is 21.6. The molecule has 2 aliphatic rings. The van der Waals surface area contributed by atoms with Crippen LogP contribution in [0.5, 0.6) is 0 Å². The fraction of sp³-hybridized carbons (Fsp3) is 0.545. The van der Waals surface area contributed by atoms with Gasteiger partial charge in [-0.2, -0.15) is 11.8 Å². The first-order valence-corrected chi connectivity index (χ1v) is 11.8. The van der Waals surface area contributed by atoms with Gasteiger partial charge in [0.15, 0.2) is 5.82 Å². The molecule has 2 aromatic rings. The Morgan fingerprint density at radius 2 is 2.13 bits per heavy atom. The van der Waals surface area contributed by atoms with Crippen LogP contribution in [-0.2, 0) is 0 Å². The molecule has 3 heterocycles. The monoisotopic (exact) mass is 433 g/mol. The summed E-state index contributed by atoms with van der Waals surface area (Å²) < 4.78 is 16.4. The number of hydrogen-bond donors (Lipinski definition) is 2. The maximum absolute atomic E-state index is 15.2. The Bertz CT molecular complexity index is 1050. The molecule has 2 atom stereocenters. The first-order chi connectivity index (χ1) is 14.3. The molecule has 0 aromatic carbocycles. The molecule has 0 spiro atoms. The van der Waals surface area contributed by atoms with E-state index in [1.165, 1.54) is 16.7 Å². The lowest BCUT2D eigenvalue weighted by Crippen LogP contribution is -2.33. The molecule has 4 rings (SSSR count). The molecule has 2 fully saturated rings. The smallest absolute Gasteiger partial charge is 0.341 e. The van der Waals surface area contributed by atoms with Gasteiger partial charge in [-0.25, -0.2) is 9.18 Å². The van der Waals surface area contributed by atoms with Gasteiger partial charge >= 0.3 is 5.97 Å². The molecule has 1 saturated heterocycles. The molecule has 0 bridgehead atoms. The number of carbonyl (C=O) groups is 1. The van der Waals surface area contributed by atoms with E-state index >= 15 is 4.39 Å². The topological polar surface area (TPSA) is 88.0 Å². The summed E-state index contributed by atoms with van der Waals surface area (Å²) in [6.45, 7) is 3.25. The van der Waals surface area contributed by atoms with E-state index in [0.29, 0.717) is 29.2 Å². The van der Waals surface area contributed by atoms with E-state index in [1.54, 1.807) is 11.8 Å². The molecular weight excluding hydrogens is 405 g/mol. The molecule has 0 radical (unpaired) electrons. The summed E-state index contributed by atoms with van der Waals surface area (Å²) in [6, 6.07) is 1.59. The highest BCUT2D eigenvalue weighted by molar-refractivity contribution is 7.98. The SMILES string of the molecule is CSCC[C@H](N)[C@@H]1CCN(c2c(F)cn3c(=O)c(C(=O)O)cc(C4CC4)c3c2C)C1. The van der Waals surface area contributed by atoms with Crippen molar-refractivity contribution < 1.29 is 14.3 Å². The third kappa shape index (κ3) is 3.71. The van der Waals surface area contributed by atoms with E-state index in [9.17, 15) is 14.7 Å². The fourth-order valence-electron chi connectivity index (χ4n) is 4.72. The average Bonchev–Trinajstić information content (AvgIpc) is 3.44. The number of hydrogen-bond acceptors (Lipinski definition) is 5. The summed E-state index contributed by atoms with van der Waals surface area (Å²) in [4.78, 5) is 26.3. The number of aromatic nitrogens is 1. The molecule has 30 heavy (non-hydrogen) atoms. The molecule has 2 aromatic heterocycles. The first-order valence-electron chi connectivity index (χ1n) is 10.4. The van der Waals surface area contributed by atoms with Crippen molar-refractivity contribution in [2.24, 2.45) is 11.7 Å². The van der Waals surface area contributed by atoms with Gasteiger partial charge in [-0.05, 0) is 73.6 Å². The van der Waals surface area contributed by atoms with Gasteiger partial charge in [0, 0.05) is 19.1 Å². The van der Waals surface area contributed by atoms with Gasteiger partial charge in [0.1, 0.15) is 5.56 Å². The van der Waals surface area contributed by atoms with Crippen LogP contribution in [0.1, 0.15) is 53.1 Å². The average molecular weight is 434 g/mol. The minimum absolute atomic E-state index is 0.0917. The lowest BCUT2D eigenvalue weighted by Gasteiger charge is -2.25. The van der Waals surface area contributed by atoms with Crippen molar-refractivity contribution in [3.8, 4) is 0 Å². The number of pyridine rings is 2. The minimum atomic E-state index is -1.28. The number of nitrogens with zero attached hydrogens (tertiary/aromatic N) is 2. The van der Waals surface area contributed by atoms with Crippen molar-refractivity contribution in [2.45, 2.75) is 44.6 Å². The Morgan fingerprint density at radius 1 is 1.40 bits per heavy atom. The Balaban J connectivity index is 1.77. The van der Waals surface area contributed by atoms with Crippen molar-refractivity contribution in [3.63, 3.8) is 0 Å². The predicted octanol–water partition coefficient (Wildman–Crippen LogP) is 3.23. The summed E-state index contributed by atoms with van der Waals surface area (Å²) in [5.74, 6) is -0.223. The standard InChI is InChI=1S/C22H28FN3O3S/c1-12-19-15(13-3-4-13)9-16(22(28)29)21(27)26(19)11-17(23)20(12)25-7-5-14(10-25)18(24)6-8-30-2/h9,11,13-14,18H,3-8,10,24H2,1-2H3,(H,28,29)/t14-,18+/m1/s1. The predicted molar refractivity (Wildman–Crippen MR) is 119 cm³/mol. The van der Waals surface area contributed by atoms with Crippen LogP contribution in [0.25, 0.3) is 5.52 Å². The molecule has 8 heteroatoms. The van der Waals surface area contributed by atoms with E-state index in [4.69, 9.17) is 5.73 Å². The van der Waals surface area contributed by atoms with Crippen LogP contribution in [0.3, 0.4) is 0 Å². The van der Waals surface area contributed by atoms with E-state index in [-0.39, 0.29) is 17.5 Å². The van der Waals surface area contributed by atoms with Crippen molar-refractivity contribution >= 4 is 28.9 Å². The van der Waals surface area contributed by atoms with Crippen LogP contribution >= 0.6 is 11.8 Å². The van der Waals surface area contributed by atoms with E-state index < -0.39 is 17.3 Å². The zero-order valence-electron chi connectivity index (χ0n) is 17.4. The summed E-state index contributed by atoms with van der Waals surface area (Å²) in [5, 5.41) is 9.43. The maximum Gasteiger partial charge on any atom is 0.341 e. The third-order valence-electron chi connectivity index (χ3n) is 6.49. The Hall–Kier alpha value is -2.06. The van der Waals surface area contributed by atoms with Crippen molar-refractivity contribution in [1.82, 2.24) is 4.40 Å². The second kappa shape index (κ2) is 8.23. The number of anilines is 1. The number of rotatable bonds is 7. The first kappa shape index (κ1) is 21.2. The van der Waals surface area contributed by atoms with Crippen molar-refractivity contribution in [3.05, 3.63) is 45.1 Å². The van der Waals surface area contributed by atoms with Gasteiger partial charge in [-0.1, -0.05) is 0 Å². The number of aryl methyl sites for hydroxylation is 1. The number of halogens is 1. The Morgan fingerprint density at radius 3 is 2.77 bits per heavy atom. The molecule has 162 valence electrons. The highest BCUT2D eigenvalue weighted by Gasteiger charge is 2.33. The molecule has 0 unspecified atom stereocenters. The number of thioether (sulfide) groups is 1. The molecule has 1 aliphatic heterocycles. The Labute approximate surface area is 179 Å². The minimum Gasteiger partial charge on any atom is -0.477 e. The summed E-state index contributed by atoms with van der Waals surface area (Å²) in [5.41, 5.74) is 8.08. The lowest BCUT2D eigenvalue weighted by atomic mass is 9.98. The number of carboxylic acid groups (broad SMARTS) is 1. The highest BCUT2D eigenvalue weighted by atomic mass is 32.2. The number of fused-ring (bicyclic) bond motifs is 1. The highest BCUT2D eigenvalue weighted by Crippen LogP contribution is 2.44. The quantitative estimate of drug-likeness (QED) is 0.697. The van der Waals surface area contributed by atoms with Gasteiger partial charge in [0.2, 0.25) is 0 Å². The van der Waals surface area contributed by atoms with Crippen molar-refractivity contribution in [1.29, 1.82) is 0 Å². The summed E-state index contributed by atoms with van der Waals surface area (Å²) in [6.07, 6.45) is 7.00. The molecule has 1 aliphatic carbocycles. The van der Waals surface area contributed by atoms with Crippen LogP contribution in [0.4, 0.5) is 10.1 Å². The zero-order valence-corrected chi connectivity index (χ0v) is 18.2. The molecular formula is C22H28FN3O3S. The van der Waals surface area contributed by atoms with Crippen LogP contribution in [0.2, 0.25) is 0 Å². The van der Waals surface area contributed by atoms with E-state index in [1.807, 2.05) is 11.8 Å². The van der Waals surface area contributed by atoms with Crippen LogP contribution < -0.4 is 16.2 Å². The normalized spacial score (nSPS) is 20.1. The van der Waals surface area contributed by atoms with Crippen LogP contribution in [0, 0.1) is 18.7 Å². The second-order valence-corrected chi connectivity index (χ2v) is 9.49. The molecule has 3 N–H and O–H groups in total. The van der Waals surface area contributed by atoms with Crippen LogP contribution in [-0.4, -0.2) is 46.6 Å². The van der Waals surface area contributed by atoms with E-state index in [0.717, 1.165) is 43.5 Å². The molecule has 6 nitrogen and oxygen atoms in total. The molecule has 1 saturated carbocycles. The summed E-state index contributed by atoms with van der Waals surface area (Å²) >= 11 is 1.78. The number of nitrogens with two attached hydrogens (primary N) is 1. The summed E-state index contributed by atoms with van der Waals surface area (Å²) in [7, 11) is 0. The van der Waals surface area contributed by atoms with Crippen LogP contribution in [0.15, 0.2) is 17.1 Å².